The molecule has 0 fully saturated rings. The summed E-state index contributed by atoms with van der Waals surface area (Å²) in [6.07, 6.45) is 1.66. The molecule has 0 unspecified atom stereocenters. The van der Waals surface area contributed by atoms with Crippen LogP contribution < -0.4 is 0 Å². The first-order chi connectivity index (χ1) is 9.20. The van der Waals surface area contributed by atoms with Crippen molar-refractivity contribution in [2.45, 2.75) is 32.7 Å². The van der Waals surface area contributed by atoms with Crippen LogP contribution in [0.25, 0.3) is 0 Å². The number of carboxylic acid groups (broad SMARTS) is 1. The highest BCUT2D eigenvalue weighted by Crippen LogP contribution is 2.11. The summed E-state index contributed by atoms with van der Waals surface area (Å²) in [5, 5.41) is 17.2. The summed E-state index contributed by atoms with van der Waals surface area (Å²) in [5.41, 5.74) is 2.58. The molecule has 0 saturated heterocycles. The van der Waals surface area contributed by atoms with Gasteiger partial charge in [-0.05, 0) is 12.0 Å². The molecule has 19 heavy (non-hydrogen) atoms. The fourth-order valence-electron chi connectivity index (χ4n) is 2.02. The SMILES string of the molecule is CCCc1nnn(Cc2ccccc2)c1CC(=O)O. The van der Waals surface area contributed by atoms with Crippen LogP contribution in [0, 0.1) is 0 Å². The Bertz CT molecular complexity index is 549. The molecule has 1 aromatic carbocycles. The lowest BCUT2D eigenvalue weighted by Crippen LogP contribution is -2.12. The number of aromatic nitrogens is 3. The van der Waals surface area contributed by atoms with E-state index in [1.807, 2.05) is 37.3 Å². The highest BCUT2D eigenvalue weighted by molar-refractivity contribution is 5.69. The maximum Gasteiger partial charge on any atom is 0.309 e. The van der Waals surface area contributed by atoms with E-state index in [4.69, 9.17) is 5.11 Å². The average Bonchev–Trinajstić information content (AvgIpc) is 2.74. The standard InChI is InChI=1S/C14H17N3O2/c1-2-6-12-13(9-14(18)19)17(16-15-12)10-11-7-4-3-5-8-11/h3-5,7-8H,2,6,9-10H2,1H3,(H,18,19). The molecule has 0 aliphatic heterocycles. The van der Waals surface area contributed by atoms with Gasteiger partial charge in [0, 0.05) is 0 Å². The maximum absolute atomic E-state index is 11.0. The Morgan fingerprint density at radius 1 is 1.32 bits per heavy atom. The third-order valence-electron chi connectivity index (χ3n) is 2.90. The van der Waals surface area contributed by atoms with E-state index in [0.29, 0.717) is 12.2 Å². The number of nitrogens with zero attached hydrogens (tertiary/aromatic N) is 3. The second kappa shape index (κ2) is 6.13. The Morgan fingerprint density at radius 2 is 2.05 bits per heavy atom. The van der Waals surface area contributed by atoms with Crippen molar-refractivity contribution < 1.29 is 9.90 Å². The first kappa shape index (κ1) is 13.3. The van der Waals surface area contributed by atoms with Gasteiger partial charge in [0.15, 0.2) is 0 Å². The van der Waals surface area contributed by atoms with Crippen LogP contribution in [0.1, 0.15) is 30.3 Å². The van der Waals surface area contributed by atoms with Gasteiger partial charge in [-0.1, -0.05) is 48.9 Å². The minimum Gasteiger partial charge on any atom is -0.481 e. The largest absolute Gasteiger partial charge is 0.481 e. The second-order valence-corrected chi connectivity index (χ2v) is 4.45. The van der Waals surface area contributed by atoms with Crippen LogP contribution in [0.5, 0.6) is 0 Å². The fraction of sp³-hybridized carbons (Fsp3) is 0.357. The lowest BCUT2D eigenvalue weighted by atomic mass is 10.1. The number of aliphatic carboxylic acids is 1. The monoisotopic (exact) mass is 259 g/mol. The van der Waals surface area contributed by atoms with Crippen LogP contribution in [0.3, 0.4) is 0 Å². The van der Waals surface area contributed by atoms with Gasteiger partial charge in [0.05, 0.1) is 24.4 Å². The molecule has 1 aromatic heterocycles. The van der Waals surface area contributed by atoms with E-state index in [1.54, 1.807) is 4.68 Å². The smallest absolute Gasteiger partial charge is 0.309 e. The summed E-state index contributed by atoms with van der Waals surface area (Å²) in [7, 11) is 0. The number of aryl methyl sites for hydroxylation is 1. The van der Waals surface area contributed by atoms with Crippen molar-refractivity contribution >= 4 is 5.97 Å². The number of hydrogen-bond acceptors (Lipinski definition) is 3. The third-order valence-corrected chi connectivity index (χ3v) is 2.90. The highest BCUT2D eigenvalue weighted by Gasteiger charge is 2.15. The fourth-order valence-corrected chi connectivity index (χ4v) is 2.02. The number of carbonyl (C=O) groups is 1. The van der Waals surface area contributed by atoms with Crippen LogP contribution in [0.4, 0.5) is 0 Å². The third kappa shape index (κ3) is 3.40. The first-order valence-electron chi connectivity index (χ1n) is 6.37. The summed E-state index contributed by atoms with van der Waals surface area (Å²) in [6.45, 7) is 2.60. The van der Waals surface area contributed by atoms with Gasteiger partial charge < -0.3 is 5.11 Å². The molecule has 0 radical (unpaired) electrons. The van der Waals surface area contributed by atoms with E-state index in [9.17, 15) is 4.79 Å². The van der Waals surface area contributed by atoms with E-state index >= 15 is 0 Å². The van der Waals surface area contributed by atoms with Crippen molar-refractivity contribution in [2.75, 3.05) is 0 Å². The molecule has 2 rings (SSSR count). The van der Waals surface area contributed by atoms with Gasteiger partial charge in [-0.2, -0.15) is 0 Å². The van der Waals surface area contributed by atoms with Crippen molar-refractivity contribution in [3.8, 4) is 0 Å². The lowest BCUT2D eigenvalue weighted by molar-refractivity contribution is -0.136. The van der Waals surface area contributed by atoms with Crippen LogP contribution in [-0.4, -0.2) is 26.1 Å². The Labute approximate surface area is 111 Å². The van der Waals surface area contributed by atoms with E-state index in [2.05, 4.69) is 10.3 Å². The Balaban J connectivity index is 2.26. The van der Waals surface area contributed by atoms with Crippen LogP contribution >= 0.6 is 0 Å². The molecule has 0 amide bonds. The number of carboxylic acids is 1. The maximum atomic E-state index is 11.0. The summed E-state index contributed by atoms with van der Waals surface area (Å²) in [6, 6.07) is 9.84. The van der Waals surface area contributed by atoms with Crippen LogP contribution in [-0.2, 0) is 24.2 Å². The molecular formula is C14H17N3O2. The summed E-state index contributed by atoms with van der Waals surface area (Å²) in [4.78, 5) is 11.0. The van der Waals surface area contributed by atoms with Crippen molar-refractivity contribution in [3.05, 3.63) is 47.3 Å². The zero-order valence-corrected chi connectivity index (χ0v) is 10.9. The van der Waals surface area contributed by atoms with Crippen LogP contribution in [0.15, 0.2) is 30.3 Å². The zero-order valence-electron chi connectivity index (χ0n) is 10.9. The van der Waals surface area contributed by atoms with Gasteiger partial charge >= 0.3 is 5.97 Å². The number of rotatable bonds is 6. The van der Waals surface area contributed by atoms with Gasteiger partial charge in [-0.25, -0.2) is 4.68 Å². The normalized spacial score (nSPS) is 10.6. The van der Waals surface area contributed by atoms with Gasteiger partial charge in [0.25, 0.3) is 0 Å². The minimum absolute atomic E-state index is 0.0326. The molecule has 0 bridgehead atoms. The molecule has 1 heterocycles. The number of hydrogen-bond donors (Lipinski definition) is 1. The van der Waals surface area contributed by atoms with Crippen molar-refractivity contribution in [1.29, 1.82) is 0 Å². The molecule has 100 valence electrons. The highest BCUT2D eigenvalue weighted by atomic mass is 16.4. The number of benzene rings is 1. The van der Waals surface area contributed by atoms with Crippen molar-refractivity contribution in [1.82, 2.24) is 15.0 Å². The Hall–Kier alpha value is -2.17. The van der Waals surface area contributed by atoms with E-state index in [0.717, 1.165) is 24.1 Å². The summed E-state index contributed by atoms with van der Waals surface area (Å²) >= 11 is 0. The topological polar surface area (TPSA) is 68.0 Å². The van der Waals surface area contributed by atoms with E-state index < -0.39 is 5.97 Å². The zero-order chi connectivity index (χ0) is 13.7. The molecule has 0 spiro atoms. The Kier molecular flexibility index (Phi) is 4.28. The molecule has 0 aliphatic rings. The molecule has 0 aliphatic carbocycles. The predicted octanol–water partition coefficient (Wildman–Crippen LogP) is 1.91. The molecule has 0 saturated carbocycles. The molecule has 1 N–H and O–H groups in total. The molecule has 0 atom stereocenters. The molecule has 5 heteroatoms. The first-order valence-corrected chi connectivity index (χ1v) is 6.37. The lowest BCUT2D eigenvalue weighted by Gasteiger charge is -2.06. The van der Waals surface area contributed by atoms with Gasteiger partial charge in [0.2, 0.25) is 0 Å². The van der Waals surface area contributed by atoms with E-state index in [1.165, 1.54) is 0 Å². The van der Waals surface area contributed by atoms with Gasteiger partial charge in [-0.15, -0.1) is 5.10 Å². The van der Waals surface area contributed by atoms with Gasteiger partial charge in [-0.3, -0.25) is 4.79 Å². The predicted molar refractivity (Wildman–Crippen MR) is 70.9 cm³/mol. The second-order valence-electron chi connectivity index (χ2n) is 4.45. The quantitative estimate of drug-likeness (QED) is 0.860. The van der Waals surface area contributed by atoms with Crippen molar-refractivity contribution in [3.63, 3.8) is 0 Å². The van der Waals surface area contributed by atoms with E-state index in [-0.39, 0.29) is 6.42 Å². The van der Waals surface area contributed by atoms with Crippen LogP contribution in [0.2, 0.25) is 0 Å². The Morgan fingerprint density at radius 3 is 2.68 bits per heavy atom. The van der Waals surface area contributed by atoms with Gasteiger partial charge in [0.1, 0.15) is 0 Å². The minimum atomic E-state index is -0.853. The summed E-state index contributed by atoms with van der Waals surface area (Å²) in [5.74, 6) is -0.853. The average molecular weight is 259 g/mol. The van der Waals surface area contributed by atoms with Crippen molar-refractivity contribution in [2.24, 2.45) is 0 Å². The summed E-state index contributed by atoms with van der Waals surface area (Å²) < 4.78 is 1.69. The molecular weight excluding hydrogens is 242 g/mol. The molecule has 2 aromatic rings. The molecule has 5 nitrogen and oxygen atoms in total.